The molecule has 0 aromatic carbocycles. The van der Waals surface area contributed by atoms with Crippen LogP contribution in [0.15, 0.2) is 8.96 Å². The van der Waals surface area contributed by atoms with E-state index >= 15 is 0 Å². The smallest absolute Gasteiger partial charge is 0.0835 e. The summed E-state index contributed by atoms with van der Waals surface area (Å²) in [6.07, 6.45) is -1.16. The first kappa shape index (κ1) is 10.6. The fourth-order valence-corrected chi connectivity index (χ4v) is 1.06. The van der Waals surface area contributed by atoms with E-state index in [0.717, 1.165) is 0 Å². The molecule has 0 aliphatic rings. The summed E-state index contributed by atoms with van der Waals surface area (Å²) in [7, 11) is 0. The lowest BCUT2D eigenvalue weighted by molar-refractivity contribution is 0.223. The first-order chi connectivity index (χ1) is 4.46. The zero-order chi connectivity index (χ0) is 8.31. The fourth-order valence-electron chi connectivity index (χ4n) is 0.399. The van der Waals surface area contributed by atoms with Crippen molar-refractivity contribution in [3.8, 4) is 0 Å². The molecule has 0 bridgehead atoms. The average Bonchev–Trinajstić information content (AvgIpc) is 1.84. The van der Waals surface area contributed by atoms with Crippen LogP contribution in [-0.2, 0) is 0 Å². The van der Waals surface area contributed by atoms with Gasteiger partial charge in [0.2, 0.25) is 0 Å². The third-order valence-electron chi connectivity index (χ3n) is 0.962. The SMILES string of the molecule is C[C@H](O)/C(Br)=C(\Br)[C@H](C)O. The van der Waals surface area contributed by atoms with Crippen LogP contribution in [0.5, 0.6) is 0 Å². The standard InChI is InChI=1S/C6H10Br2O2/c1-3(9)5(7)6(8)4(2)10/h3-4,9-10H,1-2H3/b6-5+/t3-,4-/m0/s1. The lowest BCUT2D eigenvalue weighted by atomic mass is 10.3. The van der Waals surface area contributed by atoms with Gasteiger partial charge in [0.25, 0.3) is 0 Å². The van der Waals surface area contributed by atoms with Crippen LogP contribution >= 0.6 is 31.9 Å². The second kappa shape index (κ2) is 4.49. The summed E-state index contributed by atoms with van der Waals surface area (Å²) >= 11 is 6.26. The maximum atomic E-state index is 8.99. The maximum Gasteiger partial charge on any atom is 0.0835 e. The Hall–Kier alpha value is 0.620. The summed E-state index contributed by atoms with van der Waals surface area (Å²) in [5, 5.41) is 18.0. The molecule has 0 heterocycles. The second-order valence-corrected chi connectivity index (χ2v) is 3.76. The van der Waals surface area contributed by atoms with Crippen LogP contribution in [-0.4, -0.2) is 22.4 Å². The molecule has 0 fully saturated rings. The highest BCUT2D eigenvalue weighted by Crippen LogP contribution is 2.23. The van der Waals surface area contributed by atoms with E-state index in [1.54, 1.807) is 13.8 Å². The van der Waals surface area contributed by atoms with Gasteiger partial charge in [0.1, 0.15) is 0 Å². The Morgan fingerprint density at radius 1 is 1.00 bits per heavy atom. The van der Waals surface area contributed by atoms with Crippen molar-refractivity contribution in [1.82, 2.24) is 0 Å². The molecule has 0 saturated heterocycles. The van der Waals surface area contributed by atoms with Gasteiger partial charge in [0.05, 0.1) is 12.2 Å². The minimum Gasteiger partial charge on any atom is -0.388 e. The summed E-state index contributed by atoms with van der Waals surface area (Å²) < 4.78 is 1.17. The Balaban J connectivity index is 4.34. The molecule has 0 aliphatic heterocycles. The molecule has 0 spiro atoms. The molecule has 0 amide bonds. The first-order valence-corrected chi connectivity index (χ1v) is 4.46. The van der Waals surface area contributed by atoms with Crippen LogP contribution in [0.2, 0.25) is 0 Å². The van der Waals surface area contributed by atoms with Crippen molar-refractivity contribution >= 4 is 31.9 Å². The Morgan fingerprint density at radius 3 is 1.30 bits per heavy atom. The summed E-state index contributed by atoms with van der Waals surface area (Å²) in [5.74, 6) is 0. The first-order valence-electron chi connectivity index (χ1n) is 2.88. The molecule has 0 unspecified atom stereocenters. The summed E-state index contributed by atoms with van der Waals surface area (Å²) in [4.78, 5) is 0. The van der Waals surface area contributed by atoms with E-state index < -0.39 is 12.2 Å². The van der Waals surface area contributed by atoms with E-state index in [9.17, 15) is 0 Å². The Bertz CT molecular complexity index is 125. The third-order valence-corrected chi connectivity index (χ3v) is 3.67. The monoisotopic (exact) mass is 272 g/mol. The van der Waals surface area contributed by atoms with E-state index in [1.165, 1.54) is 0 Å². The number of hydrogen-bond donors (Lipinski definition) is 2. The van der Waals surface area contributed by atoms with Crippen molar-refractivity contribution in [2.45, 2.75) is 26.1 Å². The molecule has 0 rings (SSSR count). The quantitative estimate of drug-likeness (QED) is 0.805. The second-order valence-electron chi connectivity index (χ2n) is 2.05. The molecular weight excluding hydrogens is 264 g/mol. The van der Waals surface area contributed by atoms with Crippen LogP contribution in [0.25, 0.3) is 0 Å². The minimum atomic E-state index is -0.580. The summed E-state index contributed by atoms with van der Waals surface area (Å²) in [6.45, 7) is 3.24. The Morgan fingerprint density at radius 2 is 1.20 bits per heavy atom. The zero-order valence-electron chi connectivity index (χ0n) is 5.81. The maximum absolute atomic E-state index is 8.99. The molecular formula is C6H10Br2O2. The van der Waals surface area contributed by atoms with E-state index in [4.69, 9.17) is 10.2 Å². The molecule has 0 aromatic heterocycles. The number of aliphatic hydroxyl groups excluding tert-OH is 2. The summed E-state index contributed by atoms with van der Waals surface area (Å²) in [5.41, 5.74) is 0. The van der Waals surface area contributed by atoms with Crippen LogP contribution in [0.1, 0.15) is 13.8 Å². The molecule has 60 valence electrons. The van der Waals surface area contributed by atoms with Gasteiger partial charge in [-0.3, -0.25) is 0 Å². The Labute approximate surface area is 77.2 Å². The van der Waals surface area contributed by atoms with E-state index in [2.05, 4.69) is 31.9 Å². The topological polar surface area (TPSA) is 40.5 Å². The van der Waals surface area contributed by atoms with Crippen LogP contribution in [0.3, 0.4) is 0 Å². The lowest BCUT2D eigenvalue weighted by Crippen LogP contribution is -2.07. The van der Waals surface area contributed by atoms with Gasteiger partial charge in [-0.2, -0.15) is 0 Å². The molecule has 2 N–H and O–H groups in total. The third kappa shape index (κ3) is 3.14. The highest BCUT2D eigenvalue weighted by atomic mass is 79.9. The van der Waals surface area contributed by atoms with Crippen molar-refractivity contribution < 1.29 is 10.2 Å². The van der Waals surface area contributed by atoms with E-state index in [-0.39, 0.29) is 0 Å². The van der Waals surface area contributed by atoms with Crippen LogP contribution in [0, 0.1) is 0 Å². The van der Waals surface area contributed by atoms with Gasteiger partial charge in [0, 0.05) is 8.96 Å². The molecule has 0 radical (unpaired) electrons. The van der Waals surface area contributed by atoms with Crippen molar-refractivity contribution in [1.29, 1.82) is 0 Å². The number of aliphatic hydroxyl groups is 2. The normalized spacial score (nSPS) is 19.8. The lowest BCUT2D eigenvalue weighted by Gasteiger charge is -2.08. The molecule has 10 heavy (non-hydrogen) atoms. The largest absolute Gasteiger partial charge is 0.388 e. The fraction of sp³-hybridized carbons (Fsp3) is 0.667. The summed E-state index contributed by atoms with van der Waals surface area (Å²) in [6, 6.07) is 0. The van der Waals surface area contributed by atoms with Crippen molar-refractivity contribution in [3.63, 3.8) is 0 Å². The number of halogens is 2. The van der Waals surface area contributed by atoms with Gasteiger partial charge in [0.15, 0.2) is 0 Å². The van der Waals surface area contributed by atoms with Gasteiger partial charge in [-0.05, 0) is 13.8 Å². The van der Waals surface area contributed by atoms with E-state index in [1.807, 2.05) is 0 Å². The molecule has 0 saturated carbocycles. The van der Waals surface area contributed by atoms with Gasteiger partial charge in [-0.1, -0.05) is 31.9 Å². The van der Waals surface area contributed by atoms with Gasteiger partial charge in [-0.15, -0.1) is 0 Å². The van der Waals surface area contributed by atoms with Crippen molar-refractivity contribution in [2.75, 3.05) is 0 Å². The van der Waals surface area contributed by atoms with Crippen LogP contribution in [0.4, 0.5) is 0 Å². The number of rotatable bonds is 2. The predicted octanol–water partition coefficient (Wildman–Crippen LogP) is 1.75. The number of hydrogen-bond acceptors (Lipinski definition) is 2. The van der Waals surface area contributed by atoms with Crippen molar-refractivity contribution in [3.05, 3.63) is 8.96 Å². The van der Waals surface area contributed by atoms with Crippen molar-refractivity contribution in [2.24, 2.45) is 0 Å². The molecule has 0 aromatic rings. The van der Waals surface area contributed by atoms with Gasteiger partial charge < -0.3 is 10.2 Å². The van der Waals surface area contributed by atoms with E-state index in [0.29, 0.717) is 8.96 Å². The highest BCUT2D eigenvalue weighted by molar-refractivity contribution is 9.14. The van der Waals surface area contributed by atoms with Crippen LogP contribution < -0.4 is 0 Å². The van der Waals surface area contributed by atoms with Gasteiger partial charge >= 0.3 is 0 Å². The highest BCUT2D eigenvalue weighted by Gasteiger charge is 2.10. The van der Waals surface area contributed by atoms with Gasteiger partial charge in [-0.25, -0.2) is 0 Å². The predicted molar refractivity (Wildman–Crippen MR) is 48.2 cm³/mol. The molecule has 4 heteroatoms. The molecule has 0 aliphatic carbocycles. The average molecular weight is 274 g/mol. The zero-order valence-corrected chi connectivity index (χ0v) is 8.98. The molecule has 2 atom stereocenters. The Kier molecular flexibility index (Phi) is 4.77. The minimum absolute atomic E-state index is 0.580. The molecule has 2 nitrogen and oxygen atoms in total.